The number of fused-ring (bicyclic) bond motifs is 1. The van der Waals surface area contributed by atoms with Crippen molar-refractivity contribution in [1.29, 1.82) is 0 Å². The van der Waals surface area contributed by atoms with Gasteiger partial charge in [-0.3, -0.25) is 0 Å². The first kappa shape index (κ1) is 13.0. The van der Waals surface area contributed by atoms with E-state index in [2.05, 4.69) is 4.98 Å². The molecule has 0 unspecified atom stereocenters. The number of β-amino-alcohol motifs (C(OH)–C–C–N with tert-alkyl or cyclic N) is 1. The SMILES string of the molecule is Cc1cccc2c([C@@H]3CCN(C(=O)O)C[C@H]3O)c[nH]c12. The predicted molar refractivity (Wildman–Crippen MR) is 76.0 cm³/mol. The number of carbonyl (C=O) groups is 1. The first-order valence-corrected chi connectivity index (χ1v) is 6.80. The lowest BCUT2D eigenvalue weighted by Crippen LogP contribution is -2.45. The molecule has 1 amide bonds. The van der Waals surface area contributed by atoms with Crippen molar-refractivity contribution in [2.75, 3.05) is 13.1 Å². The van der Waals surface area contributed by atoms with Crippen molar-refractivity contribution < 1.29 is 15.0 Å². The Morgan fingerprint density at radius 1 is 1.45 bits per heavy atom. The van der Waals surface area contributed by atoms with Crippen molar-refractivity contribution in [3.8, 4) is 0 Å². The van der Waals surface area contributed by atoms with E-state index in [0.717, 1.165) is 16.5 Å². The maximum absolute atomic E-state index is 11.0. The Morgan fingerprint density at radius 3 is 2.95 bits per heavy atom. The van der Waals surface area contributed by atoms with Gasteiger partial charge in [0, 0.05) is 29.6 Å². The lowest BCUT2D eigenvalue weighted by atomic mass is 9.87. The molecule has 5 nitrogen and oxygen atoms in total. The standard InChI is InChI=1S/C15H18N2O3/c1-9-3-2-4-11-12(7-16-14(9)11)10-5-6-17(15(19)20)8-13(10)18/h2-4,7,10,13,16,18H,5-6,8H2,1H3,(H,19,20)/t10-,13+/m0/s1. The number of aromatic nitrogens is 1. The van der Waals surface area contributed by atoms with Crippen LogP contribution in [0.4, 0.5) is 4.79 Å². The zero-order chi connectivity index (χ0) is 14.3. The van der Waals surface area contributed by atoms with E-state index < -0.39 is 12.2 Å². The number of H-pyrrole nitrogens is 1. The molecule has 3 rings (SSSR count). The number of carboxylic acid groups (broad SMARTS) is 1. The second kappa shape index (κ2) is 4.83. The summed E-state index contributed by atoms with van der Waals surface area (Å²) in [6, 6.07) is 6.10. The quantitative estimate of drug-likeness (QED) is 0.746. The number of rotatable bonds is 1. The predicted octanol–water partition coefficient (Wildman–Crippen LogP) is 2.30. The van der Waals surface area contributed by atoms with Crippen LogP contribution in [0, 0.1) is 6.92 Å². The number of hydrogen-bond donors (Lipinski definition) is 3. The summed E-state index contributed by atoms with van der Waals surface area (Å²) < 4.78 is 0. The molecule has 0 saturated carbocycles. The number of benzene rings is 1. The molecule has 2 atom stereocenters. The van der Waals surface area contributed by atoms with Gasteiger partial charge in [0.15, 0.2) is 0 Å². The van der Waals surface area contributed by atoms with Gasteiger partial charge in [-0.15, -0.1) is 0 Å². The number of likely N-dealkylation sites (tertiary alicyclic amines) is 1. The van der Waals surface area contributed by atoms with E-state index in [1.165, 1.54) is 10.5 Å². The molecule has 0 aliphatic carbocycles. The van der Waals surface area contributed by atoms with Crippen LogP contribution in [0.2, 0.25) is 0 Å². The summed E-state index contributed by atoms with van der Waals surface area (Å²) in [4.78, 5) is 15.5. The topological polar surface area (TPSA) is 76.6 Å². The van der Waals surface area contributed by atoms with Crippen LogP contribution < -0.4 is 0 Å². The van der Waals surface area contributed by atoms with E-state index in [-0.39, 0.29) is 12.5 Å². The molecule has 1 saturated heterocycles. The van der Waals surface area contributed by atoms with E-state index in [9.17, 15) is 9.90 Å². The maximum atomic E-state index is 11.0. The van der Waals surface area contributed by atoms with Crippen LogP contribution in [0.1, 0.15) is 23.5 Å². The van der Waals surface area contributed by atoms with Crippen LogP contribution >= 0.6 is 0 Å². The molecule has 1 fully saturated rings. The van der Waals surface area contributed by atoms with Crippen molar-refractivity contribution in [3.63, 3.8) is 0 Å². The van der Waals surface area contributed by atoms with Crippen molar-refractivity contribution in [1.82, 2.24) is 9.88 Å². The Hall–Kier alpha value is -2.01. The average molecular weight is 274 g/mol. The Bertz CT molecular complexity index is 650. The van der Waals surface area contributed by atoms with Crippen molar-refractivity contribution in [2.45, 2.75) is 25.4 Å². The number of aryl methyl sites for hydroxylation is 1. The monoisotopic (exact) mass is 274 g/mol. The Balaban J connectivity index is 1.92. The highest BCUT2D eigenvalue weighted by Gasteiger charge is 2.32. The molecule has 1 aliphatic rings. The fraction of sp³-hybridized carbons (Fsp3) is 0.400. The molecule has 106 valence electrons. The molecule has 5 heteroatoms. The first-order valence-electron chi connectivity index (χ1n) is 6.80. The minimum Gasteiger partial charge on any atom is -0.465 e. The van der Waals surface area contributed by atoms with E-state index in [0.29, 0.717) is 13.0 Å². The lowest BCUT2D eigenvalue weighted by Gasteiger charge is -2.34. The minimum absolute atomic E-state index is 0.0128. The number of aliphatic hydroxyl groups excluding tert-OH is 1. The number of hydrogen-bond acceptors (Lipinski definition) is 2. The van der Waals surface area contributed by atoms with Gasteiger partial charge in [0.05, 0.1) is 12.6 Å². The summed E-state index contributed by atoms with van der Waals surface area (Å²) in [6.07, 6.45) is 0.979. The molecule has 1 aliphatic heterocycles. The molecular weight excluding hydrogens is 256 g/mol. The van der Waals surface area contributed by atoms with Gasteiger partial charge in [-0.1, -0.05) is 18.2 Å². The second-order valence-corrected chi connectivity index (χ2v) is 5.43. The summed E-state index contributed by atoms with van der Waals surface area (Å²) >= 11 is 0. The molecule has 1 aromatic carbocycles. The van der Waals surface area contributed by atoms with Gasteiger partial charge in [0.2, 0.25) is 0 Å². The van der Waals surface area contributed by atoms with Crippen LogP contribution in [0.3, 0.4) is 0 Å². The Labute approximate surface area is 116 Å². The number of piperidine rings is 1. The van der Waals surface area contributed by atoms with E-state index in [1.807, 2.05) is 31.3 Å². The van der Waals surface area contributed by atoms with Crippen molar-refractivity contribution >= 4 is 17.0 Å². The Kier molecular flexibility index (Phi) is 3.14. The third kappa shape index (κ3) is 2.04. The van der Waals surface area contributed by atoms with Crippen LogP contribution in [-0.2, 0) is 0 Å². The first-order chi connectivity index (χ1) is 9.58. The van der Waals surface area contributed by atoms with E-state index >= 15 is 0 Å². The normalized spacial score (nSPS) is 23.2. The van der Waals surface area contributed by atoms with Gasteiger partial charge >= 0.3 is 6.09 Å². The summed E-state index contributed by atoms with van der Waals surface area (Å²) in [5.41, 5.74) is 3.35. The van der Waals surface area contributed by atoms with E-state index in [1.54, 1.807) is 0 Å². The van der Waals surface area contributed by atoms with Gasteiger partial charge in [0.25, 0.3) is 0 Å². The molecule has 2 aromatic rings. The molecule has 20 heavy (non-hydrogen) atoms. The smallest absolute Gasteiger partial charge is 0.407 e. The summed E-state index contributed by atoms with van der Waals surface area (Å²) in [5.74, 6) is -0.0128. The number of nitrogens with one attached hydrogen (secondary N) is 1. The average Bonchev–Trinajstić information content (AvgIpc) is 2.84. The summed E-state index contributed by atoms with van der Waals surface area (Å²) in [6.45, 7) is 2.69. The van der Waals surface area contributed by atoms with Crippen LogP contribution in [0.5, 0.6) is 0 Å². The molecule has 0 bridgehead atoms. The van der Waals surface area contributed by atoms with Gasteiger partial charge in [0.1, 0.15) is 0 Å². The number of nitrogens with zero attached hydrogens (tertiary/aromatic N) is 1. The minimum atomic E-state index is -0.961. The van der Waals surface area contributed by atoms with Crippen LogP contribution in [0.25, 0.3) is 10.9 Å². The molecule has 0 radical (unpaired) electrons. The number of amides is 1. The van der Waals surface area contributed by atoms with Crippen molar-refractivity contribution in [2.24, 2.45) is 0 Å². The third-order valence-corrected chi connectivity index (χ3v) is 4.21. The maximum Gasteiger partial charge on any atom is 0.407 e. The largest absolute Gasteiger partial charge is 0.465 e. The molecule has 3 N–H and O–H groups in total. The Morgan fingerprint density at radius 2 is 2.25 bits per heavy atom. The van der Waals surface area contributed by atoms with E-state index in [4.69, 9.17) is 5.11 Å². The second-order valence-electron chi connectivity index (χ2n) is 5.43. The van der Waals surface area contributed by atoms with Gasteiger partial charge in [-0.2, -0.15) is 0 Å². The highest BCUT2D eigenvalue weighted by atomic mass is 16.4. The molecule has 1 aromatic heterocycles. The number of para-hydroxylation sites is 1. The van der Waals surface area contributed by atoms with Gasteiger partial charge in [-0.25, -0.2) is 4.79 Å². The van der Waals surface area contributed by atoms with Gasteiger partial charge in [-0.05, 0) is 24.5 Å². The summed E-state index contributed by atoms with van der Waals surface area (Å²) in [7, 11) is 0. The number of aromatic amines is 1. The fourth-order valence-corrected chi connectivity index (χ4v) is 3.10. The fourth-order valence-electron chi connectivity index (χ4n) is 3.10. The number of aliphatic hydroxyl groups is 1. The zero-order valence-corrected chi connectivity index (χ0v) is 11.3. The summed E-state index contributed by atoms with van der Waals surface area (Å²) in [5, 5.41) is 20.4. The van der Waals surface area contributed by atoms with Gasteiger partial charge < -0.3 is 20.1 Å². The van der Waals surface area contributed by atoms with Crippen LogP contribution in [-0.4, -0.2) is 45.4 Å². The highest BCUT2D eigenvalue weighted by molar-refractivity contribution is 5.86. The van der Waals surface area contributed by atoms with Crippen molar-refractivity contribution in [3.05, 3.63) is 35.5 Å². The zero-order valence-electron chi connectivity index (χ0n) is 11.3. The molecule has 0 spiro atoms. The molecular formula is C15H18N2O3. The van der Waals surface area contributed by atoms with Crippen LogP contribution in [0.15, 0.2) is 24.4 Å². The highest BCUT2D eigenvalue weighted by Crippen LogP contribution is 2.34. The molecule has 2 heterocycles. The lowest BCUT2D eigenvalue weighted by molar-refractivity contribution is 0.0507. The third-order valence-electron chi connectivity index (χ3n) is 4.21.